The molecule has 0 saturated heterocycles. The van der Waals surface area contributed by atoms with Gasteiger partial charge in [0.1, 0.15) is 11.6 Å². The molecule has 134 valence electrons. The van der Waals surface area contributed by atoms with Gasteiger partial charge in [0.05, 0.1) is 11.4 Å². The highest BCUT2D eigenvalue weighted by Gasteiger charge is 2.26. The molecule has 0 heterocycles. The molecule has 0 radical (unpaired) electrons. The first-order valence-corrected chi connectivity index (χ1v) is 8.91. The summed E-state index contributed by atoms with van der Waals surface area (Å²) in [6.07, 6.45) is 7.43. The molecule has 4 nitrogen and oxygen atoms in total. The van der Waals surface area contributed by atoms with Gasteiger partial charge in [-0.1, -0.05) is 19.1 Å². The van der Waals surface area contributed by atoms with Gasteiger partial charge in [-0.2, -0.15) is 0 Å². The highest BCUT2D eigenvalue weighted by atomic mass is 19.1. The minimum Gasteiger partial charge on any atom is -0.508 e. The summed E-state index contributed by atoms with van der Waals surface area (Å²) in [4.78, 5) is 1.97. The lowest BCUT2D eigenvalue weighted by Gasteiger charge is -2.35. The van der Waals surface area contributed by atoms with Crippen molar-refractivity contribution >= 4 is 5.71 Å². The highest BCUT2D eigenvalue weighted by molar-refractivity contribution is 6.05. The number of hydrogen-bond donors (Lipinski definition) is 3. The van der Waals surface area contributed by atoms with Crippen LogP contribution in [0, 0.1) is 23.1 Å². The Morgan fingerprint density at radius 2 is 2.08 bits per heavy atom. The van der Waals surface area contributed by atoms with Crippen LogP contribution in [-0.4, -0.2) is 22.3 Å². The van der Waals surface area contributed by atoms with Gasteiger partial charge in [-0.05, 0) is 49.7 Å². The van der Waals surface area contributed by atoms with E-state index in [0.717, 1.165) is 44.0 Å². The van der Waals surface area contributed by atoms with Gasteiger partial charge in [0.15, 0.2) is 0 Å². The standard InChI is InChI=1S/C20H26FN3O/c1-13(19(22)10-20(23)15-5-6-15)24(11-14-3-2-4-14)12-16-7-8-17(25)9-18(16)21/h7-10,14-15,22,25H,1-6,11-12,23H2. The number of allylic oxidation sites excluding steroid dienone is 2. The van der Waals surface area contributed by atoms with Crippen LogP contribution in [0.25, 0.3) is 0 Å². The molecule has 3 rings (SSSR count). The number of aromatic hydroxyl groups is 1. The molecule has 2 aliphatic rings. The van der Waals surface area contributed by atoms with Gasteiger partial charge in [-0.15, -0.1) is 0 Å². The van der Waals surface area contributed by atoms with E-state index in [1.54, 1.807) is 12.1 Å². The molecule has 2 aliphatic carbocycles. The Bertz CT molecular complexity index is 705. The van der Waals surface area contributed by atoms with Crippen molar-refractivity contribution in [1.82, 2.24) is 4.90 Å². The molecule has 0 atom stereocenters. The number of rotatable bonds is 8. The second kappa shape index (κ2) is 7.30. The summed E-state index contributed by atoms with van der Waals surface area (Å²) in [5, 5.41) is 17.7. The molecule has 25 heavy (non-hydrogen) atoms. The number of halogens is 1. The lowest BCUT2D eigenvalue weighted by molar-refractivity contribution is 0.211. The maximum absolute atomic E-state index is 14.1. The number of nitrogens with zero attached hydrogens (tertiary/aromatic N) is 1. The molecule has 2 saturated carbocycles. The van der Waals surface area contributed by atoms with Crippen molar-refractivity contribution < 1.29 is 9.50 Å². The van der Waals surface area contributed by atoms with Crippen molar-refractivity contribution in [2.75, 3.05) is 6.54 Å². The Hall–Kier alpha value is -2.30. The predicted molar refractivity (Wildman–Crippen MR) is 97.7 cm³/mol. The zero-order valence-electron chi connectivity index (χ0n) is 14.5. The van der Waals surface area contributed by atoms with Crippen LogP contribution in [0.3, 0.4) is 0 Å². The van der Waals surface area contributed by atoms with Gasteiger partial charge < -0.3 is 15.7 Å². The van der Waals surface area contributed by atoms with Crippen LogP contribution in [0.1, 0.15) is 37.7 Å². The Morgan fingerprint density at radius 3 is 2.64 bits per heavy atom. The van der Waals surface area contributed by atoms with Crippen LogP contribution >= 0.6 is 0 Å². The first kappa shape index (κ1) is 17.5. The fourth-order valence-electron chi connectivity index (χ4n) is 3.08. The van der Waals surface area contributed by atoms with Crippen molar-refractivity contribution in [1.29, 1.82) is 5.41 Å². The van der Waals surface area contributed by atoms with Crippen LogP contribution in [0.2, 0.25) is 0 Å². The Kier molecular flexibility index (Phi) is 5.11. The van der Waals surface area contributed by atoms with Crippen LogP contribution < -0.4 is 5.73 Å². The number of hydrogen-bond acceptors (Lipinski definition) is 4. The third-order valence-electron chi connectivity index (χ3n) is 5.15. The van der Waals surface area contributed by atoms with Crippen molar-refractivity contribution in [3.05, 3.63) is 53.6 Å². The van der Waals surface area contributed by atoms with E-state index in [1.165, 1.54) is 12.5 Å². The summed E-state index contributed by atoms with van der Waals surface area (Å²) in [6.45, 7) is 5.17. The van der Waals surface area contributed by atoms with E-state index in [-0.39, 0.29) is 5.75 Å². The fourth-order valence-corrected chi connectivity index (χ4v) is 3.08. The van der Waals surface area contributed by atoms with E-state index in [1.807, 2.05) is 4.90 Å². The SMILES string of the molecule is C=C(C(=N)C=C(N)C1CC1)N(Cc1ccc(O)cc1F)CC1CCC1. The molecular formula is C20H26FN3O. The van der Waals surface area contributed by atoms with E-state index in [2.05, 4.69) is 6.58 Å². The third kappa shape index (κ3) is 4.41. The van der Waals surface area contributed by atoms with Crippen LogP contribution in [0.15, 0.2) is 42.2 Å². The maximum atomic E-state index is 14.1. The first-order valence-electron chi connectivity index (χ1n) is 8.91. The fraction of sp³-hybridized carbons (Fsp3) is 0.450. The lowest BCUT2D eigenvalue weighted by atomic mass is 9.85. The highest BCUT2D eigenvalue weighted by Crippen LogP contribution is 2.34. The molecule has 4 N–H and O–H groups in total. The van der Waals surface area contributed by atoms with E-state index in [0.29, 0.717) is 35.4 Å². The molecule has 0 spiro atoms. The third-order valence-corrected chi connectivity index (χ3v) is 5.15. The van der Waals surface area contributed by atoms with E-state index < -0.39 is 5.82 Å². The van der Waals surface area contributed by atoms with E-state index in [4.69, 9.17) is 11.1 Å². The van der Waals surface area contributed by atoms with Gasteiger partial charge in [0, 0.05) is 30.4 Å². The second-order valence-corrected chi connectivity index (χ2v) is 7.23. The largest absolute Gasteiger partial charge is 0.508 e. The summed E-state index contributed by atoms with van der Waals surface area (Å²) in [6, 6.07) is 4.19. The van der Waals surface area contributed by atoms with Crippen molar-refractivity contribution in [2.24, 2.45) is 17.6 Å². The van der Waals surface area contributed by atoms with Crippen LogP contribution in [0.4, 0.5) is 4.39 Å². The summed E-state index contributed by atoms with van der Waals surface area (Å²) < 4.78 is 14.1. The zero-order valence-corrected chi connectivity index (χ0v) is 14.5. The Balaban J connectivity index is 1.74. The molecule has 1 aromatic rings. The van der Waals surface area contributed by atoms with Gasteiger partial charge in [-0.25, -0.2) is 4.39 Å². The minimum absolute atomic E-state index is 0.0847. The molecule has 2 fully saturated rings. The molecule has 1 aromatic carbocycles. The molecular weight excluding hydrogens is 317 g/mol. The molecule has 0 amide bonds. The molecule has 0 bridgehead atoms. The first-order chi connectivity index (χ1) is 11.9. The number of phenols is 1. The monoisotopic (exact) mass is 343 g/mol. The molecule has 0 aromatic heterocycles. The quantitative estimate of drug-likeness (QED) is 0.626. The smallest absolute Gasteiger partial charge is 0.131 e. The second-order valence-electron chi connectivity index (χ2n) is 7.23. The Morgan fingerprint density at radius 1 is 1.36 bits per heavy atom. The van der Waals surface area contributed by atoms with Gasteiger partial charge in [-0.3, -0.25) is 5.41 Å². The molecule has 0 unspecified atom stereocenters. The Labute approximate surface area is 148 Å². The average Bonchev–Trinajstić information content (AvgIpc) is 3.35. The van der Waals surface area contributed by atoms with E-state index >= 15 is 0 Å². The van der Waals surface area contributed by atoms with Crippen LogP contribution in [0.5, 0.6) is 5.75 Å². The molecule has 0 aliphatic heterocycles. The zero-order chi connectivity index (χ0) is 18.0. The number of nitrogens with two attached hydrogens (primary N) is 1. The lowest BCUT2D eigenvalue weighted by Crippen LogP contribution is -2.34. The van der Waals surface area contributed by atoms with Crippen molar-refractivity contribution in [3.63, 3.8) is 0 Å². The summed E-state index contributed by atoms with van der Waals surface area (Å²) in [7, 11) is 0. The van der Waals surface area contributed by atoms with E-state index in [9.17, 15) is 9.50 Å². The number of nitrogens with one attached hydrogen (secondary N) is 1. The predicted octanol–water partition coefficient (Wildman–Crippen LogP) is 3.92. The number of benzene rings is 1. The van der Waals surface area contributed by atoms with Crippen molar-refractivity contribution in [3.8, 4) is 5.75 Å². The summed E-state index contributed by atoms with van der Waals surface area (Å²) in [5.41, 5.74) is 8.12. The maximum Gasteiger partial charge on any atom is 0.131 e. The van der Waals surface area contributed by atoms with Crippen LogP contribution in [-0.2, 0) is 6.54 Å². The summed E-state index contributed by atoms with van der Waals surface area (Å²) >= 11 is 0. The van der Waals surface area contributed by atoms with Gasteiger partial charge in [0.25, 0.3) is 0 Å². The molecule has 5 heteroatoms. The van der Waals surface area contributed by atoms with Gasteiger partial charge in [0.2, 0.25) is 0 Å². The van der Waals surface area contributed by atoms with Gasteiger partial charge >= 0.3 is 0 Å². The van der Waals surface area contributed by atoms with Crippen molar-refractivity contribution in [2.45, 2.75) is 38.6 Å². The normalized spacial score (nSPS) is 17.9. The topological polar surface area (TPSA) is 73.3 Å². The number of phenolic OH excluding ortho intramolecular Hbond substituents is 1. The minimum atomic E-state index is -0.439. The summed E-state index contributed by atoms with van der Waals surface area (Å²) in [5.74, 6) is 0.446. The average molecular weight is 343 g/mol.